The number of likely N-dealkylation sites (tertiary alicyclic amines) is 1. The summed E-state index contributed by atoms with van der Waals surface area (Å²) in [5, 5.41) is 11.6. The van der Waals surface area contributed by atoms with Crippen LogP contribution in [0.3, 0.4) is 0 Å². The Morgan fingerprint density at radius 1 is 0.909 bits per heavy atom. The molecule has 3 aromatic rings. The molecule has 0 spiro atoms. The summed E-state index contributed by atoms with van der Waals surface area (Å²) in [5.41, 5.74) is 6.38. The van der Waals surface area contributed by atoms with Crippen molar-refractivity contribution in [2.45, 2.75) is 24.2 Å². The summed E-state index contributed by atoms with van der Waals surface area (Å²) in [5.74, 6) is -6.47. The van der Waals surface area contributed by atoms with Crippen LogP contribution in [0.25, 0.3) is 5.57 Å². The molecule has 220 valence electrons. The van der Waals surface area contributed by atoms with E-state index in [1.807, 2.05) is 18.2 Å². The van der Waals surface area contributed by atoms with Crippen LogP contribution in [0, 0.1) is 23.7 Å². The molecule has 1 heterocycles. The highest BCUT2D eigenvalue weighted by Gasteiger charge is 2.66. The number of urea groups is 1. The van der Waals surface area contributed by atoms with Crippen molar-refractivity contribution in [2.75, 3.05) is 0 Å². The van der Waals surface area contributed by atoms with Crippen molar-refractivity contribution in [3.8, 4) is 5.75 Å². The van der Waals surface area contributed by atoms with Gasteiger partial charge in [0.1, 0.15) is 5.75 Å². The average Bonchev–Trinajstić information content (AvgIpc) is 3.29. The minimum atomic E-state index is -1.50. The lowest BCUT2D eigenvalue weighted by Crippen LogP contribution is -2.58. The topological polar surface area (TPSA) is 135 Å². The van der Waals surface area contributed by atoms with E-state index in [0.717, 1.165) is 0 Å². The minimum Gasteiger partial charge on any atom is -0.508 e. The SMILES string of the molecule is NC(=O)N1C(=O)C2CC=C3C(CC4C(=O)C(c5ccccc5)=CC(=O)C4(c4ccccc4)C3c3cc(Cl)ccc3O)C2C1=O. The first kappa shape index (κ1) is 28.0. The smallest absolute Gasteiger partial charge is 0.328 e. The number of Topliss-reactive ketones (excluding diaryl/α,β-unsaturated/α-hetero) is 1. The molecule has 7 rings (SSSR count). The molecule has 4 aliphatic rings. The number of hydrogen-bond acceptors (Lipinski definition) is 6. The van der Waals surface area contributed by atoms with E-state index >= 15 is 0 Å². The van der Waals surface area contributed by atoms with E-state index in [9.17, 15) is 29.1 Å². The van der Waals surface area contributed by atoms with Gasteiger partial charge in [0.25, 0.3) is 0 Å². The normalized spacial score (nSPS) is 29.4. The number of benzene rings is 3. The van der Waals surface area contributed by atoms with Crippen LogP contribution >= 0.6 is 11.6 Å². The van der Waals surface area contributed by atoms with Gasteiger partial charge in [0.2, 0.25) is 11.8 Å². The minimum absolute atomic E-state index is 0.0695. The third kappa shape index (κ3) is 3.80. The predicted octanol–water partition coefficient (Wildman–Crippen LogP) is 4.95. The van der Waals surface area contributed by atoms with Crippen LogP contribution in [0.1, 0.15) is 35.4 Å². The Morgan fingerprint density at radius 3 is 2.27 bits per heavy atom. The third-order valence-corrected chi connectivity index (χ3v) is 10.1. The lowest BCUT2D eigenvalue weighted by molar-refractivity contribution is -0.137. The number of phenolic OH excluding ortho intramolecular Hbond substituents is 1. The van der Waals surface area contributed by atoms with E-state index < -0.39 is 52.8 Å². The van der Waals surface area contributed by atoms with Crippen molar-refractivity contribution in [3.63, 3.8) is 0 Å². The number of fused-ring (bicyclic) bond motifs is 4. The van der Waals surface area contributed by atoms with Crippen LogP contribution in [0.4, 0.5) is 4.79 Å². The second-order valence-electron chi connectivity index (χ2n) is 11.8. The van der Waals surface area contributed by atoms with Gasteiger partial charge in [0.05, 0.1) is 17.3 Å². The average molecular weight is 607 g/mol. The molecule has 2 fully saturated rings. The maximum absolute atomic E-state index is 14.9. The molecule has 0 radical (unpaired) electrons. The van der Waals surface area contributed by atoms with Gasteiger partial charge in [0.15, 0.2) is 11.6 Å². The Labute approximate surface area is 257 Å². The van der Waals surface area contributed by atoms with Gasteiger partial charge in [-0.1, -0.05) is 83.9 Å². The van der Waals surface area contributed by atoms with Crippen LogP contribution in [-0.4, -0.2) is 39.4 Å². The number of nitrogens with zero attached hydrogens (tertiary/aromatic N) is 1. The molecular weight excluding hydrogens is 580 g/mol. The molecule has 3 N–H and O–H groups in total. The van der Waals surface area contributed by atoms with Crippen molar-refractivity contribution in [2.24, 2.45) is 29.4 Å². The maximum Gasteiger partial charge on any atom is 0.328 e. The molecule has 8 nitrogen and oxygen atoms in total. The molecule has 1 saturated carbocycles. The first-order chi connectivity index (χ1) is 21.2. The van der Waals surface area contributed by atoms with Gasteiger partial charge in [-0.15, -0.1) is 0 Å². The highest BCUT2D eigenvalue weighted by molar-refractivity contribution is 6.32. The molecule has 3 aliphatic carbocycles. The predicted molar refractivity (Wildman–Crippen MR) is 161 cm³/mol. The van der Waals surface area contributed by atoms with Gasteiger partial charge < -0.3 is 10.8 Å². The number of carbonyl (C=O) groups excluding carboxylic acids is 5. The van der Waals surface area contributed by atoms with Crippen molar-refractivity contribution >= 4 is 46.6 Å². The molecule has 9 heteroatoms. The Kier molecular flexibility index (Phi) is 6.44. The highest BCUT2D eigenvalue weighted by atomic mass is 35.5. The number of aromatic hydroxyl groups is 1. The number of carbonyl (C=O) groups is 5. The van der Waals surface area contributed by atoms with E-state index in [-0.39, 0.29) is 35.7 Å². The second-order valence-corrected chi connectivity index (χ2v) is 12.3. The van der Waals surface area contributed by atoms with Gasteiger partial charge in [-0.2, -0.15) is 4.90 Å². The molecule has 4 amide bonds. The summed E-state index contributed by atoms with van der Waals surface area (Å²) < 4.78 is 0. The number of phenols is 1. The Morgan fingerprint density at radius 2 is 1.59 bits per heavy atom. The molecule has 1 aliphatic heterocycles. The van der Waals surface area contributed by atoms with Gasteiger partial charge >= 0.3 is 6.03 Å². The van der Waals surface area contributed by atoms with Gasteiger partial charge in [-0.3, -0.25) is 19.2 Å². The number of hydrogen-bond donors (Lipinski definition) is 2. The van der Waals surface area contributed by atoms with Crippen LogP contribution in [-0.2, 0) is 24.6 Å². The lowest BCUT2D eigenvalue weighted by atomic mass is 9.44. The highest BCUT2D eigenvalue weighted by Crippen LogP contribution is 2.64. The number of imide groups is 3. The molecule has 1 saturated heterocycles. The molecule has 3 aromatic carbocycles. The largest absolute Gasteiger partial charge is 0.508 e. The summed E-state index contributed by atoms with van der Waals surface area (Å²) in [6.45, 7) is 0. The standard InChI is InChI=1S/C35H27ClN2O6/c36-20-11-14-27(39)25(15-20)30-21-12-13-22-29(33(43)38(32(22)42)34(37)44)24(21)16-26-31(41)23(18-7-3-1-4-8-18)17-28(40)35(26,30)19-9-5-2-6-10-19/h1-12,14-15,17,22,24,26,29-30,39H,13,16H2,(H2,37,44). The number of amides is 4. The summed E-state index contributed by atoms with van der Waals surface area (Å²) in [6, 6.07) is 21.4. The summed E-state index contributed by atoms with van der Waals surface area (Å²) >= 11 is 6.48. The number of allylic oxidation sites excluding steroid dienone is 4. The first-order valence-electron chi connectivity index (χ1n) is 14.4. The summed E-state index contributed by atoms with van der Waals surface area (Å²) in [4.78, 5) is 69.2. The molecule has 0 bridgehead atoms. The van der Waals surface area contributed by atoms with Crippen LogP contribution in [0.15, 0.2) is 96.6 Å². The Bertz CT molecular complexity index is 1830. The molecular formula is C35H27ClN2O6. The monoisotopic (exact) mass is 606 g/mol. The van der Waals surface area contributed by atoms with E-state index in [4.69, 9.17) is 17.3 Å². The van der Waals surface area contributed by atoms with Crippen molar-refractivity contribution in [1.29, 1.82) is 0 Å². The van der Waals surface area contributed by atoms with Crippen LogP contribution < -0.4 is 5.73 Å². The van der Waals surface area contributed by atoms with E-state index in [1.54, 1.807) is 54.6 Å². The third-order valence-electron chi connectivity index (χ3n) is 9.90. The molecule has 6 atom stereocenters. The van der Waals surface area contributed by atoms with Crippen molar-refractivity contribution < 1.29 is 29.1 Å². The number of rotatable bonds is 3. The number of halogens is 1. The first-order valence-corrected chi connectivity index (χ1v) is 14.8. The zero-order chi connectivity index (χ0) is 30.9. The quantitative estimate of drug-likeness (QED) is 0.320. The van der Waals surface area contributed by atoms with E-state index in [1.165, 1.54) is 18.2 Å². The summed E-state index contributed by atoms with van der Waals surface area (Å²) in [6.07, 6.45) is 3.44. The van der Waals surface area contributed by atoms with Gasteiger partial charge in [-0.05, 0) is 54.2 Å². The number of nitrogens with two attached hydrogens (primary N) is 1. The Hall–Kier alpha value is -4.82. The molecule has 44 heavy (non-hydrogen) atoms. The summed E-state index contributed by atoms with van der Waals surface area (Å²) in [7, 11) is 0. The van der Waals surface area contributed by atoms with Crippen molar-refractivity contribution in [1.82, 2.24) is 4.90 Å². The van der Waals surface area contributed by atoms with Crippen LogP contribution in [0.2, 0.25) is 5.02 Å². The maximum atomic E-state index is 14.9. The zero-order valence-corrected chi connectivity index (χ0v) is 24.1. The lowest BCUT2D eigenvalue weighted by Gasteiger charge is -2.55. The fraction of sp³-hybridized carbons (Fsp3) is 0.229. The van der Waals surface area contributed by atoms with E-state index in [0.29, 0.717) is 32.2 Å². The fourth-order valence-electron chi connectivity index (χ4n) is 8.19. The molecule has 6 unspecified atom stereocenters. The van der Waals surface area contributed by atoms with E-state index in [2.05, 4.69) is 0 Å². The van der Waals surface area contributed by atoms with Crippen LogP contribution in [0.5, 0.6) is 5.75 Å². The fourth-order valence-corrected chi connectivity index (χ4v) is 8.37. The van der Waals surface area contributed by atoms with Gasteiger partial charge in [-0.25, -0.2) is 4.79 Å². The number of ketones is 2. The van der Waals surface area contributed by atoms with Crippen molar-refractivity contribution in [3.05, 3.63) is 118 Å². The zero-order valence-electron chi connectivity index (χ0n) is 23.4. The second kappa shape index (κ2) is 10.1. The molecule has 0 aromatic heterocycles. The Balaban J connectivity index is 1.53. The number of primary amides is 1. The van der Waals surface area contributed by atoms with Gasteiger partial charge in [0, 0.05) is 28.0 Å².